The van der Waals surface area contributed by atoms with Gasteiger partial charge in [-0.1, -0.05) is 198 Å². The van der Waals surface area contributed by atoms with Crippen LogP contribution in [0.4, 0.5) is 0 Å². The zero-order chi connectivity index (χ0) is 35.8. The van der Waals surface area contributed by atoms with Gasteiger partial charge in [0.25, 0.3) is 0 Å². The first kappa shape index (κ1) is 46.9. The van der Waals surface area contributed by atoms with Gasteiger partial charge in [0.1, 0.15) is 0 Å². The zero-order valence-electron chi connectivity index (χ0n) is 35.0. The molecule has 0 saturated carbocycles. The van der Waals surface area contributed by atoms with Gasteiger partial charge < -0.3 is 19.9 Å². The number of nitrogens with zero attached hydrogens (tertiary/aromatic N) is 4. The Hall–Kier alpha value is -0.0995. The van der Waals surface area contributed by atoms with E-state index in [0.29, 0.717) is 0 Å². The fourth-order valence-electron chi connectivity index (χ4n) is 7.63. The average Bonchev–Trinajstić information content (AvgIpc) is 3.58. The summed E-state index contributed by atoms with van der Waals surface area (Å²) in [6.45, 7) is 41.4. The summed E-state index contributed by atoms with van der Waals surface area (Å²) in [6, 6.07) is 0. The van der Waals surface area contributed by atoms with E-state index >= 15 is 0 Å². The number of hydrogen-bond donors (Lipinski definition) is 0. The number of rotatable bonds is 18. The van der Waals surface area contributed by atoms with Crippen LogP contribution in [0, 0.1) is 0 Å². The molecule has 0 unspecified atom stereocenters. The molecule has 0 aliphatic heterocycles. The van der Waals surface area contributed by atoms with Crippen LogP contribution >= 0.6 is 0 Å². The molecule has 0 saturated heterocycles. The van der Waals surface area contributed by atoms with Gasteiger partial charge in [-0.15, -0.1) is 0 Å². The van der Waals surface area contributed by atoms with Crippen molar-refractivity contribution < 1.29 is 0 Å². The second-order valence-electron chi connectivity index (χ2n) is 18.3. The Morgan fingerprint density at radius 3 is 0.809 bits per heavy atom. The van der Waals surface area contributed by atoms with Crippen molar-refractivity contribution >= 4 is 45.5 Å². The van der Waals surface area contributed by atoms with Gasteiger partial charge in [-0.2, -0.15) is 0 Å². The van der Waals surface area contributed by atoms with Crippen molar-refractivity contribution in [3.05, 3.63) is 34.4 Å². The van der Waals surface area contributed by atoms with Crippen LogP contribution in [0.15, 0.2) is 0 Å². The molecule has 0 atom stereocenters. The molecule has 0 fully saturated rings. The van der Waals surface area contributed by atoms with Gasteiger partial charge >= 0.3 is 45.5 Å². The quantitative estimate of drug-likeness (QED) is 0.144. The third-order valence-corrected chi connectivity index (χ3v) is 10.3. The van der Waals surface area contributed by atoms with E-state index < -0.39 is 0 Å². The van der Waals surface area contributed by atoms with Gasteiger partial charge in [-0.25, -0.2) is 0 Å². The van der Waals surface area contributed by atoms with E-state index in [1.54, 1.807) is 0 Å². The van der Waals surface area contributed by atoms with Crippen LogP contribution in [0.5, 0.6) is 0 Å². The van der Waals surface area contributed by atoms with Crippen LogP contribution < -0.4 is 9.97 Å². The number of aromatic nitrogens is 4. The molecule has 0 aliphatic rings. The molecule has 2 aromatic rings. The minimum absolute atomic E-state index is 0. The molecule has 2 heterocycles. The maximum Gasteiger partial charge on any atom is 2.00 e. The maximum atomic E-state index is 5.13. The van der Waals surface area contributed by atoms with Gasteiger partial charge in [-0.05, 0) is 71.0 Å². The largest absolute Gasteiger partial charge is 2.00 e. The fraction of sp³-hybridized carbons (Fsp3) is 0.857. The summed E-state index contributed by atoms with van der Waals surface area (Å²) < 4.78 is 0. The summed E-state index contributed by atoms with van der Waals surface area (Å²) in [5.41, 5.74) is 5.51. The minimum Gasteiger partial charge on any atom is -0.442 e. The van der Waals surface area contributed by atoms with Gasteiger partial charge in [-0.3, -0.25) is 0 Å². The molecule has 0 aromatic carbocycles. The number of hydrogen-bond acceptors (Lipinski definition) is 2. The molecule has 0 amide bonds. The van der Waals surface area contributed by atoms with Gasteiger partial charge in [0.05, 0.1) is 0 Å². The Morgan fingerprint density at radius 2 is 0.574 bits per heavy atom. The van der Waals surface area contributed by atoms with Crippen LogP contribution in [0.1, 0.15) is 236 Å². The Balaban J connectivity index is 0.000000882. The average molecular weight is 727 g/mol. The molecule has 5 heteroatoms. The Kier molecular flexibility index (Phi) is 18.9. The van der Waals surface area contributed by atoms with Crippen molar-refractivity contribution in [1.29, 1.82) is 0 Å². The zero-order valence-corrected chi connectivity index (χ0v) is 38.5. The predicted molar refractivity (Wildman–Crippen MR) is 208 cm³/mol. The van der Waals surface area contributed by atoms with E-state index in [2.05, 4.69) is 125 Å². The molecule has 0 radical (unpaired) electrons. The fourth-order valence-corrected chi connectivity index (χ4v) is 7.63. The Morgan fingerprint density at radius 1 is 0.362 bits per heavy atom. The van der Waals surface area contributed by atoms with Crippen molar-refractivity contribution in [3.63, 3.8) is 0 Å². The normalized spacial score (nSPS) is 13.3. The third-order valence-electron chi connectivity index (χ3n) is 10.3. The van der Waals surface area contributed by atoms with Crippen molar-refractivity contribution in [2.45, 2.75) is 234 Å². The molecule has 268 valence electrons. The van der Waals surface area contributed by atoms with Crippen molar-refractivity contribution in [1.82, 2.24) is 19.9 Å². The first-order valence-corrected chi connectivity index (χ1v) is 19.2. The van der Waals surface area contributed by atoms with Crippen LogP contribution in [0.2, 0.25) is 0 Å². The Bertz CT molecular complexity index is 1010. The van der Waals surface area contributed by atoms with Crippen LogP contribution in [0.3, 0.4) is 0 Å². The summed E-state index contributed by atoms with van der Waals surface area (Å²) in [5, 5.41) is 0. The Labute approximate surface area is 331 Å². The molecule has 0 bridgehead atoms. The van der Waals surface area contributed by atoms with E-state index in [9.17, 15) is 0 Å². The molecule has 4 nitrogen and oxygen atoms in total. The SMILES string of the molecule is CCCC(C)(C)c1nc(C(C)(C)CCC)c(C(C)(C)CCC)[n-]1.CCCC(C)(C)c1nc(C(C)(C)CCC)c(C(C)(C)CCC)[n-]1.[Sr+2]. The van der Waals surface area contributed by atoms with Crippen LogP contribution in [0.25, 0.3) is 0 Å². The molecular formula is C42H78N4Sr. The second-order valence-corrected chi connectivity index (χ2v) is 18.3. The third kappa shape index (κ3) is 12.6. The summed E-state index contributed by atoms with van der Waals surface area (Å²) in [4.78, 5) is 20.5. The first-order chi connectivity index (χ1) is 21.0. The summed E-state index contributed by atoms with van der Waals surface area (Å²) in [6.07, 6.45) is 14.0. The molecule has 0 aliphatic carbocycles. The van der Waals surface area contributed by atoms with Crippen molar-refractivity contribution in [3.8, 4) is 0 Å². The maximum absolute atomic E-state index is 5.13. The van der Waals surface area contributed by atoms with E-state index in [1.165, 1.54) is 61.3 Å². The summed E-state index contributed by atoms with van der Waals surface area (Å²) in [7, 11) is 0. The summed E-state index contributed by atoms with van der Waals surface area (Å²) in [5.74, 6) is 2.11. The topological polar surface area (TPSA) is 54.0 Å². The molecule has 2 rings (SSSR count). The predicted octanol–water partition coefficient (Wildman–Crippen LogP) is 12.2. The number of imidazole rings is 2. The van der Waals surface area contributed by atoms with Crippen LogP contribution in [-0.2, 0) is 32.5 Å². The van der Waals surface area contributed by atoms with Crippen LogP contribution in [-0.4, -0.2) is 55.4 Å². The molecule has 2 aromatic heterocycles. The molecular weight excluding hydrogens is 648 g/mol. The van der Waals surface area contributed by atoms with E-state index in [4.69, 9.17) is 19.9 Å². The standard InChI is InChI=1S/2C21H39N2.Sr/c2*1-10-13-19(4,5)16-17(20(6,7)14-11-2)23-18(22-16)21(8,9)15-12-3;/h2*10-15H2,1-9H3;/q2*-1;+2. The van der Waals surface area contributed by atoms with Gasteiger partial charge in [0, 0.05) is 0 Å². The van der Waals surface area contributed by atoms with Gasteiger partial charge in [0.2, 0.25) is 0 Å². The van der Waals surface area contributed by atoms with Gasteiger partial charge in [0.15, 0.2) is 0 Å². The van der Waals surface area contributed by atoms with Crippen molar-refractivity contribution in [2.24, 2.45) is 0 Å². The monoisotopic (exact) mass is 727 g/mol. The summed E-state index contributed by atoms with van der Waals surface area (Å²) >= 11 is 0. The van der Waals surface area contributed by atoms with Crippen molar-refractivity contribution in [2.75, 3.05) is 0 Å². The molecule has 47 heavy (non-hydrogen) atoms. The second kappa shape index (κ2) is 18.9. The molecule has 0 N–H and O–H groups in total. The van der Waals surface area contributed by atoms with E-state index in [1.807, 2.05) is 0 Å². The first-order valence-electron chi connectivity index (χ1n) is 19.2. The van der Waals surface area contributed by atoms with E-state index in [-0.39, 0.29) is 78.0 Å². The smallest absolute Gasteiger partial charge is 0.442 e. The minimum atomic E-state index is 0. The van der Waals surface area contributed by atoms with E-state index in [0.717, 1.165) is 50.2 Å². The molecule has 0 spiro atoms.